The van der Waals surface area contributed by atoms with Gasteiger partial charge in [0, 0.05) is 57.7 Å². The number of aliphatic hydroxyl groups is 1. The number of rotatable bonds is 2. The van der Waals surface area contributed by atoms with E-state index >= 15 is 0 Å². The molecule has 0 aromatic carbocycles. The zero-order chi connectivity index (χ0) is 37.6. The number of ether oxygens (including phenoxy) is 5. The van der Waals surface area contributed by atoms with E-state index in [1.807, 2.05) is 20.8 Å². The van der Waals surface area contributed by atoms with Crippen LogP contribution in [0.4, 0.5) is 8.78 Å². The third-order valence-electron chi connectivity index (χ3n) is 8.56. The van der Waals surface area contributed by atoms with Crippen LogP contribution in [0.5, 0.6) is 0 Å². The van der Waals surface area contributed by atoms with E-state index in [0.717, 1.165) is 83.6 Å². The van der Waals surface area contributed by atoms with Crippen LogP contribution in [-0.2, 0) is 28.5 Å². The van der Waals surface area contributed by atoms with Crippen molar-refractivity contribution in [2.75, 3.05) is 66.1 Å². The zero-order valence-electron chi connectivity index (χ0n) is 33.0. The number of aliphatic carboxylic acids is 1. The number of carboxylic acid groups (broad SMARTS) is 1. The van der Waals surface area contributed by atoms with Crippen LogP contribution >= 0.6 is 0 Å². The van der Waals surface area contributed by atoms with Crippen LogP contribution in [0.1, 0.15) is 147 Å². The molecule has 8 nitrogen and oxygen atoms in total. The van der Waals surface area contributed by atoms with E-state index in [2.05, 4.69) is 34.6 Å². The summed E-state index contributed by atoms with van der Waals surface area (Å²) >= 11 is 0. The quantitative estimate of drug-likeness (QED) is 0.290. The summed E-state index contributed by atoms with van der Waals surface area (Å²) in [7, 11) is 0. The van der Waals surface area contributed by atoms with E-state index in [4.69, 9.17) is 33.9 Å². The largest absolute Gasteiger partial charge is 0.481 e. The summed E-state index contributed by atoms with van der Waals surface area (Å²) in [4.78, 5) is 9.37. The van der Waals surface area contributed by atoms with Crippen molar-refractivity contribution in [3.63, 3.8) is 0 Å². The van der Waals surface area contributed by atoms with Gasteiger partial charge in [0.25, 0.3) is 0 Å². The van der Waals surface area contributed by atoms with Gasteiger partial charge in [-0.3, -0.25) is 4.79 Å². The van der Waals surface area contributed by atoms with Crippen LogP contribution in [0.2, 0.25) is 0 Å². The number of carboxylic acids is 1. The fourth-order valence-electron chi connectivity index (χ4n) is 4.38. The Hall–Kier alpha value is -0.910. The van der Waals surface area contributed by atoms with Gasteiger partial charge in [-0.1, -0.05) is 82.1 Å². The number of hydrogen-bond donors (Lipinski definition) is 2. The Kier molecular flexibility index (Phi) is 36.2. The predicted molar refractivity (Wildman–Crippen MR) is 202 cm³/mol. The van der Waals surface area contributed by atoms with Crippen molar-refractivity contribution in [2.24, 2.45) is 29.1 Å². The first-order chi connectivity index (χ1) is 23.1. The first kappa shape index (κ1) is 53.4. The minimum absolute atomic E-state index is 0. The third-order valence-corrected chi connectivity index (χ3v) is 8.56. The molecule has 6 fully saturated rings. The molecule has 0 spiro atoms. The van der Waals surface area contributed by atoms with Crippen LogP contribution in [0.15, 0.2) is 0 Å². The van der Waals surface area contributed by atoms with Crippen molar-refractivity contribution in [3.05, 3.63) is 0 Å². The molecule has 2 atom stereocenters. The second kappa shape index (κ2) is 33.9. The molecule has 0 aromatic rings. The Labute approximate surface area is 307 Å². The standard InChI is InChI=1S/C7H12F2.C6H12O.C5H10O2.2C5H10O.C5H10.C3H6O2.C3H8O.CH4/c1-6-2-4-7(8,9)5-3-6;1-6-2-4-7-5-3-6;1-5-4-6-2-3-7-5;1-5(2)3-6-4-5;1-5-2-3-6-4-5;1-5-3-2-4-5;1-2-3(4)5;1-2-3-4;/h6H,2-5H2,1H3;6H,2-5H2,1H3;5H,2-4H2,1H3;3-4H2,1-2H3;5H,2-4H2,1H3;5H,2-4H2,1H3;2H2,1H3,(H,4,5);4H,2-3H2,1H3;1H4/t;;5-;;;;;;/m..1....../s1. The molecule has 1 unspecified atom stereocenters. The van der Waals surface area contributed by atoms with Crippen molar-refractivity contribution in [1.29, 1.82) is 0 Å². The highest BCUT2D eigenvalue weighted by molar-refractivity contribution is 5.66. The van der Waals surface area contributed by atoms with Gasteiger partial charge in [0.2, 0.25) is 5.92 Å². The van der Waals surface area contributed by atoms with Gasteiger partial charge in [-0.05, 0) is 69.1 Å². The van der Waals surface area contributed by atoms with Gasteiger partial charge in [0.05, 0.1) is 39.1 Å². The fraction of sp³-hybridized carbons (Fsp3) is 0.975. The summed E-state index contributed by atoms with van der Waals surface area (Å²) in [5.74, 6) is 0.232. The number of halogens is 2. The molecule has 4 heterocycles. The van der Waals surface area contributed by atoms with Crippen LogP contribution in [0, 0.1) is 29.1 Å². The van der Waals surface area contributed by atoms with Gasteiger partial charge in [-0.2, -0.15) is 0 Å². The molecule has 6 aliphatic rings. The molecular weight excluding hydrogens is 646 g/mol. The third kappa shape index (κ3) is 38.3. The van der Waals surface area contributed by atoms with Crippen molar-refractivity contribution in [2.45, 2.75) is 159 Å². The van der Waals surface area contributed by atoms with E-state index in [1.165, 1.54) is 38.5 Å². The average Bonchev–Trinajstić information content (AvgIpc) is 3.54. The first-order valence-corrected chi connectivity index (χ1v) is 19.2. The van der Waals surface area contributed by atoms with Gasteiger partial charge >= 0.3 is 5.97 Å². The van der Waals surface area contributed by atoms with Gasteiger partial charge in [0.1, 0.15) is 0 Å². The van der Waals surface area contributed by atoms with E-state index < -0.39 is 11.9 Å². The highest BCUT2D eigenvalue weighted by Crippen LogP contribution is 2.35. The number of hydrogen-bond acceptors (Lipinski definition) is 7. The first-order valence-electron chi connectivity index (χ1n) is 19.2. The van der Waals surface area contributed by atoms with Crippen LogP contribution in [0.3, 0.4) is 0 Å². The Morgan fingerprint density at radius 3 is 1.26 bits per heavy atom. The summed E-state index contributed by atoms with van der Waals surface area (Å²) in [5, 5.41) is 15.6. The zero-order valence-corrected chi connectivity index (χ0v) is 33.0. The average molecular weight is 729 g/mol. The lowest BCUT2D eigenvalue weighted by Crippen LogP contribution is -2.36. The lowest BCUT2D eigenvalue weighted by Gasteiger charge is -2.33. The fourth-order valence-corrected chi connectivity index (χ4v) is 4.38. The molecule has 0 aromatic heterocycles. The van der Waals surface area contributed by atoms with Crippen LogP contribution in [0.25, 0.3) is 0 Å². The summed E-state index contributed by atoms with van der Waals surface area (Å²) in [6.45, 7) is 27.3. The summed E-state index contributed by atoms with van der Waals surface area (Å²) in [6.07, 6.45) is 11.3. The van der Waals surface area contributed by atoms with E-state index in [-0.39, 0.29) is 26.7 Å². The van der Waals surface area contributed by atoms with Crippen LogP contribution < -0.4 is 0 Å². The Morgan fingerprint density at radius 1 is 0.680 bits per heavy atom. The maximum absolute atomic E-state index is 12.4. The minimum atomic E-state index is -2.34. The molecule has 304 valence electrons. The molecule has 0 amide bonds. The molecule has 2 aliphatic carbocycles. The lowest BCUT2D eigenvalue weighted by molar-refractivity contribution is -0.136. The molecule has 0 bridgehead atoms. The molecule has 0 radical (unpaired) electrons. The number of carbonyl (C=O) groups is 1. The molecule has 50 heavy (non-hydrogen) atoms. The molecule has 6 rings (SSSR count). The topological polar surface area (TPSA) is 104 Å². The maximum atomic E-state index is 12.4. The Balaban J connectivity index is -0.000000509. The molecule has 2 N–H and O–H groups in total. The van der Waals surface area contributed by atoms with Gasteiger partial charge < -0.3 is 33.9 Å². The highest BCUT2D eigenvalue weighted by Gasteiger charge is 2.33. The van der Waals surface area contributed by atoms with Gasteiger partial charge in [-0.15, -0.1) is 0 Å². The second-order valence-corrected chi connectivity index (χ2v) is 15.2. The maximum Gasteiger partial charge on any atom is 0.303 e. The Morgan fingerprint density at radius 2 is 1.10 bits per heavy atom. The number of aliphatic hydroxyl groups excluding tert-OH is 1. The summed E-state index contributed by atoms with van der Waals surface area (Å²) in [6, 6.07) is 0. The minimum Gasteiger partial charge on any atom is -0.481 e. The van der Waals surface area contributed by atoms with E-state index in [1.54, 1.807) is 6.92 Å². The second-order valence-electron chi connectivity index (χ2n) is 15.2. The molecule has 2 saturated carbocycles. The van der Waals surface area contributed by atoms with Crippen molar-refractivity contribution >= 4 is 5.97 Å². The molecule has 4 aliphatic heterocycles. The SMILES string of the molecule is C.CC1(C)COC1.CC1CCC(F)(F)CC1.CC1CCC1.CC1CCOC1.CC1CCOCC1.CCC(=O)O.CCCO.C[C@@H]1COCCO1. The van der Waals surface area contributed by atoms with Crippen molar-refractivity contribution in [1.82, 2.24) is 0 Å². The van der Waals surface area contributed by atoms with Crippen molar-refractivity contribution in [3.8, 4) is 0 Å². The van der Waals surface area contributed by atoms with Crippen molar-refractivity contribution < 1.29 is 47.5 Å². The molecule has 4 saturated heterocycles. The molecular formula is C40H82F2O8. The Bertz CT molecular complexity index is 684. The summed E-state index contributed by atoms with van der Waals surface area (Å²) in [5.41, 5.74) is 0.500. The van der Waals surface area contributed by atoms with Crippen LogP contribution in [-0.4, -0.2) is 94.3 Å². The smallest absolute Gasteiger partial charge is 0.303 e. The van der Waals surface area contributed by atoms with Gasteiger partial charge in [-0.25, -0.2) is 8.78 Å². The lowest BCUT2D eigenvalue weighted by atomic mass is 9.88. The summed E-state index contributed by atoms with van der Waals surface area (Å²) < 4.78 is 50.1. The number of alkyl halides is 2. The van der Waals surface area contributed by atoms with Gasteiger partial charge in [0.15, 0.2) is 0 Å². The van der Waals surface area contributed by atoms with E-state index in [0.29, 0.717) is 36.9 Å². The monoisotopic (exact) mass is 729 g/mol. The van der Waals surface area contributed by atoms with E-state index in [9.17, 15) is 13.6 Å². The predicted octanol–water partition coefficient (Wildman–Crippen LogP) is 10.1. The highest BCUT2D eigenvalue weighted by atomic mass is 19.3. The molecule has 10 heteroatoms. The normalized spacial score (nSPS) is 24.8.